The molecule has 13 rings (SSSR count). The van der Waals surface area contributed by atoms with Crippen molar-refractivity contribution in [2.75, 3.05) is 26.8 Å². The van der Waals surface area contributed by atoms with Crippen molar-refractivity contribution in [1.82, 2.24) is 14.9 Å². The molecule has 5 saturated carbocycles. The van der Waals surface area contributed by atoms with E-state index in [2.05, 4.69) is 87.9 Å². The summed E-state index contributed by atoms with van der Waals surface area (Å²) in [5.74, 6) is -0.352. The summed E-state index contributed by atoms with van der Waals surface area (Å²) in [5.41, 5.74) is 4.88. The molecular formula is C71H101N3O9. The maximum atomic E-state index is 16.1. The molecule has 83 heavy (non-hydrogen) atoms. The maximum absolute atomic E-state index is 16.1. The average molecular weight is 1140 g/mol. The first-order chi connectivity index (χ1) is 39.3. The lowest BCUT2D eigenvalue weighted by Crippen LogP contribution is -2.72. The van der Waals surface area contributed by atoms with Crippen molar-refractivity contribution in [3.8, 4) is 0 Å². The Morgan fingerprint density at radius 1 is 0.892 bits per heavy atom. The second-order valence-electron chi connectivity index (χ2n) is 31.7. The van der Waals surface area contributed by atoms with E-state index in [1.807, 2.05) is 20.9 Å². The minimum atomic E-state index is -1.07. The highest BCUT2D eigenvalue weighted by Crippen LogP contribution is 2.80. The monoisotopic (exact) mass is 1140 g/mol. The summed E-state index contributed by atoms with van der Waals surface area (Å²) in [6, 6.07) is 4.73. The summed E-state index contributed by atoms with van der Waals surface area (Å²) in [4.78, 5) is 51.0. The van der Waals surface area contributed by atoms with Crippen LogP contribution in [0.5, 0.6) is 0 Å². The molecule has 1 spiro atoms. The number of carbonyl (C=O) groups is 3. The summed E-state index contributed by atoms with van der Waals surface area (Å²) in [6.45, 7) is 22.1. The van der Waals surface area contributed by atoms with Crippen LogP contribution in [0, 0.1) is 62.1 Å². The Kier molecular flexibility index (Phi) is 14.3. The van der Waals surface area contributed by atoms with Gasteiger partial charge in [0.05, 0.1) is 46.5 Å². The molecule has 5 heterocycles. The number of ether oxygens (including phenoxy) is 2. The Balaban J connectivity index is 1.03. The zero-order valence-corrected chi connectivity index (χ0v) is 52.1. The lowest BCUT2D eigenvalue weighted by atomic mass is 9.30. The molecule has 3 aromatic rings. The van der Waals surface area contributed by atoms with E-state index in [1.54, 1.807) is 0 Å². The standard InChI is InChI=1S/C71H101N3O9/c1-40(2)16-17-42-30-46-47(31-44(41-14-12-11-13-15-41)32-50(46)71(81)25-28-82-29-26-71)55(60(42)79)48-38-74-39-49-56-57(65(5,34-52(77)63-64(3,4)83-63)21-18-43-37-73-58(48)59(43)74)51(76)35-68(56,8)67(7)22-20-53-66(6,24-27-72-10)54(78)36-70(23-19-45(75)33-70)69(53,9)62(67)61(49)80/h31-32,37-38,40-42,45,49,52-53,55,61-63,72-73,75,77,80-81H,11-30,33-36,39H2,1-10H3/t42-,45-,49-,52+,53-,55-,61+,62-,63+,65-,66-,67-,68-,69+,70+/m0/s1. The molecule has 12 nitrogen and oxygen atoms in total. The van der Waals surface area contributed by atoms with Gasteiger partial charge >= 0.3 is 0 Å². The predicted octanol–water partition coefficient (Wildman–Crippen LogP) is 11.6. The number of aromatic nitrogens is 2. The van der Waals surface area contributed by atoms with Gasteiger partial charge in [-0.15, -0.1) is 0 Å². The van der Waals surface area contributed by atoms with Gasteiger partial charge in [-0.1, -0.05) is 86.3 Å². The van der Waals surface area contributed by atoms with E-state index in [1.165, 1.54) is 24.8 Å². The van der Waals surface area contributed by atoms with Crippen molar-refractivity contribution in [2.24, 2.45) is 62.1 Å². The summed E-state index contributed by atoms with van der Waals surface area (Å²) in [6.07, 6.45) is 17.1. The number of hydrogen-bond acceptors (Lipinski definition) is 10. The van der Waals surface area contributed by atoms with Gasteiger partial charge in [0.2, 0.25) is 0 Å². The number of carbonyl (C=O) groups excluding carboxylic acids is 3. The molecule has 2 aromatic heterocycles. The number of rotatable bonds is 12. The van der Waals surface area contributed by atoms with Crippen LogP contribution < -0.4 is 5.32 Å². The number of fused-ring (bicyclic) bond motifs is 6. The highest BCUT2D eigenvalue weighted by Gasteiger charge is 2.78. The molecule has 10 aliphatic rings. The van der Waals surface area contributed by atoms with Gasteiger partial charge in [-0.3, -0.25) is 14.4 Å². The third-order valence-electron chi connectivity index (χ3n) is 26.4. The Hall–Kier alpha value is -3.49. The fourth-order valence-electron chi connectivity index (χ4n) is 21.8. The number of ketones is 3. The molecule has 0 amide bonds. The molecule has 12 heteroatoms. The largest absolute Gasteiger partial charge is 0.393 e. The van der Waals surface area contributed by atoms with Crippen LogP contribution in [0.15, 0.2) is 35.7 Å². The molecule has 2 saturated heterocycles. The van der Waals surface area contributed by atoms with E-state index < -0.39 is 73.8 Å². The Morgan fingerprint density at radius 3 is 2.30 bits per heavy atom. The van der Waals surface area contributed by atoms with Gasteiger partial charge in [0, 0.05) is 91.6 Å². The fraction of sp³-hybridized carbons (Fsp3) is 0.761. The number of aliphatic hydroxyl groups excluding tert-OH is 3. The first-order valence-corrected chi connectivity index (χ1v) is 33.2. The molecule has 1 aromatic carbocycles. The van der Waals surface area contributed by atoms with Crippen LogP contribution >= 0.6 is 0 Å². The fourth-order valence-corrected chi connectivity index (χ4v) is 21.8. The molecular weight excluding hydrogens is 1040 g/mol. The molecule has 6 N–H and O–H groups in total. The average Bonchev–Trinajstić information content (AvgIpc) is 1.68. The zero-order valence-electron chi connectivity index (χ0n) is 52.1. The third-order valence-corrected chi connectivity index (χ3v) is 26.4. The minimum absolute atomic E-state index is 0.0556. The number of H-pyrrole nitrogens is 1. The second-order valence-corrected chi connectivity index (χ2v) is 31.7. The minimum Gasteiger partial charge on any atom is -0.393 e. The molecule has 454 valence electrons. The second kappa shape index (κ2) is 20.3. The normalized spacial score (nSPS) is 40.6. The van der Waals surface area contributed by atoms with Gasteiger partial charge in [-0.2, -0.15) is 0 Å². The lowest BCUT2D eigenvalue weighted by molar-refractivity contribution is -0.262. The van der Waals surface area contributed by atoms with Crippen molar-refractivity contribution >= 4 is 28.4 Å². The number of benzene rings is 1. The highest BCUT2D eigenvalue weighted by molar-refractivity contribution is 6.02. The molecule has 3 aliphatic heterocycles. The van der Waals surface area contributed by atoms with Gasteiger partial charge in [0.1, 0.15) is 17.7 Å². The number of aliphatic hydroxyl groups is 4. The van der Waals surface area contributed by atoms with Crippen LogP contribution in [0.3, 0.4) is 0 Å². The van der Waals surface area contributed by atoms with Gasteiger partial charge in [-0.25, -0.2) is 0 Å². The zero-order chi connectivity index (χ0) is 58.8. The van der Waals surface area contributed by atoms with Crippen molar-refractivity contribution in [3.63, 3.8) is 0 Å². The molecule has 7 fully saturated rings. The van der Waals surface area contributed by atoms with Gasteiger partial charge in [0.25, 0.3) is 0 Å². The molecule has 0 bridgehead atoms. The van der Waals surface area contributed by atoms with E-state index in [4.69, 9.17) is 9.47 Å². The van der Waals surface area contributed by atoms with E-state index in [9.17, 15) is 20.4 Å². The third kappa shape index (κ3) is 8.65. The predicted molar refractivity (Wildman–Crippen MR) is 322 cm³/mol. The highest BCUT2D eigenvalue weighted by atomic mass is 16.6. The molecule has 15 atom stereocenters. The van der Waals surface area contributed by atoms with Crippen LogP contribution in [-0.2, 0) is 48.8 Å². The number of Topliss-reactive ketones (excluding diaryl/α,β-unsaturated/α-hetero) is 3. The van der Waals surface area contributed by atoms with Gasteiger partial charge in [-0.05, 0) is 190 Å². The molecule has 7 aliphatic carbocycles. The SMILES string of the molecule is CNCC[C@]1(C)C(=O)C[C@]2(CC[C@H](O)C2)[C@@]2(C)[C@H]3[C@H](O)[C@H]4Cn5cc([C@H]6C(=O)[C@@H](CCC(C)C)Cc7c6cc(C6CCCCC6)cc7C6(O)CCOCC6)c6[nH]cc(c65)CC[C@@](C)(C[C@@H](O)[C@H]5OC5(C)C)C5=C4[C@](C)(CC5=O)[C@@]3(C)CC[C@H]21. The number of nitrogens with one attached hydrogen (secondary N) is 2. The van der Waals surface area contributed by atoms with E-state index >= 15 is 14.4 Å². The van der Waals surface area contributed by atoms with Crippen LogP contribution in [0.4, 0.5) is 0 Å². The van der Waals surface area contributed by atoms with E-state index in [-0.39, 0.29) is 41.2 Å². The van der Waals surface area contributed by atoms with E-state index in [0.717, 1.165) is 94.9 Å². The summed E-state index contributed by atoms with van der Waals surface area (Å²) in [5, 5.41) is 54.9. The first kappa shape index (κ1) is 58.5. The van der Waals surface area contributed by atoms with Crippen LogP contribution in [0.2, 0.25) is 0 Å². The smallest absolute Gasteiger partial charge is 0.160 e. The van der Waals surface area contributed by atoms with Crippen LogP contribution in [0.1, 0.15) is 230 Å². The van der Waals surface area contributed by atoms with Crippen molar-refractivity contribution < 1.29 is 44.3 Å². The summed E-state index contributed by atoms with van der Waals surface area (Å²) >= 11 is 0. The van der Waals surface area contributed by atoms with Crippen LogP contribution in [0.25, 0.3) is 11.0 Å². The number of nitrogens with zero attached hydrogens (tertiary/aromatic N) is 1. The number of allylic oxidation sites excluding steroid dienone is 1. The van der Waals surface area contributed by atoms with Crippen molar-refractivity contribution in [2.45, 2.75) is 251 Å². The number of hydrogen-bond donors (Lipinski definition) is 6. The Labute approximate surface area is 494 Å². The Morgan fingerprint density at radius 2 is 1.63 bits per heavy atom. The van der Waals surface area contributed by atoms with Gasteiger partial charge < -0.3 is 44.8 Å². The summed E-state index contributed by atoms with van der Waals surface area (Å²) in [7, 11) is 1.96. The quantitative estimate of drug-likeness (QED) is 0.0953. The molecule has 0 unspecified atom stereocenters. The maximum Gasteiger partial charge on any atom is 0.160 e. The molecule has 0 radical (unpaired) electrons. The van der Waals surface area contributed by atoms with Crippen LogP contribution in [-0.4, -0.2) is 104 Å². The van der Waals surface area contributed by atoms with E-state index in [0.29, 0.717) is 109 Å². The Bertz CT molecular complexity index is 3120. The van der Waals surface area contributed by atoms with Gasteiger partial charge in [0.15, 0.2) is 5.78 Å². The first-order valence-electron chi connectivity index (χ1n) is 33.2. The number of aryl methyl sites for hydroxylation is 1. The van der Waals surface area contributed by atoms with Crippen molar-refractivity contribution in [3.05, 3.63) is 69.1 Å². The topological polar surface area (TPSA) is 187 Å². The summed E-state index contributed by atoms with van der Waals surface area (Å²) < 4.78 is 14.5. The number of epoxide rings is 1. The number of aromatic amines is 1. The lowest BCUT2D eigenvalue weighted by Gasteiger charge is -2.74. The van der Waals surface area contributed by atoms with Crippen molar-refractivity contribution in [1.29, 1.82) is 0 Å².